The Balaban J connectivity index is 3.20. The van der Waals surface area contributed by atoms with Gasteiger partial charge in [0.1, 0.15) is 10.7 Å². The largest absolute Gasteiger partial charge is 0.326 e. The van der Waals surface area contributed by atoms with Crippen LogP contribution in [0.2, 0.25) is 0 Å². The van der Waals surface area contributed by atoms with Gasteiger partial charge in [-0.25, -0.2) is 12.8 Å². The maximum Gasteiger partial charge on any atom is 0.246 e. The minimum atomic E-state index is -3.83. The highest BCUT2D eigenvalue weighted by molar-refractivity contribution is 7.89. The normalized spacial score (nSPS) is 11.8. The molecule has 1 aromatic carbocycles. The molecule has 0 aliphatic carbocycles. The zero-order chi connectivity index (χ0) is 14.5. The van der Waals surface area contributed by atoms with Crippen molar-refractivity contribution in [3.63, 3.8) is 0 Å². The topological polar surface area (TPSA) is 63.4 Å². The number of nitrogens with two attached hydrogens (primary N) is 1. The van der Waals surface area contributed by atoms with Gasteiger partial charge in [0.25, 0.3) is 0 Å². The van der Waals surface area contributed by atoms with E-state index in [0.29, 0.717) is 18.5 Å². The van der Waals surface area contributed by atoms with E-state index in [4.69, 9.17) is 5.73 Å². The molecular weight excluding hydrogens is 267 g/mol. The standard InChI is InChI=1S/C13H19FN2O2S/c1-3-7-16(8-4-2)19(17,18)13-6-5-11(10-15)9-12(13)14/h3,5-6,9H,1,4,7-8,10,15H2,2H3. The fourth-order valence-corrected chi connectivity index (χ4v) is 3.27. The fourth-order valence-electron chi connectivity index (χ4n) is 1.72. The number of nitrogens with zero attached hydrogens (tertiary/aromatic N) is 1. The van der Waals surface area contributed by atoms with Crippen molar-refractivity contribution < 1.29 is 12.8 Å². The summed E-state index contributed by atoms with van der Waals surface area (Å²) >= 11 is 0. The molecule has 0 bridgehead atoms. The lowest BCUT2D eigenvalue weighted by molar-refractivity contribution is 0.436. The van der Waals surface area contributed by atoms with E-state index in [9.17, 15) is 12.8 Å². The second kappa shape index (κ2) is 6.79. The summed E-state index contributed by atoms with van der Waals surface area (Å²) < 4.78 is 39.8. The Morgan fingerprint density at radius 3 is 2.63 bits per heavy atom. The smallest absolute Gasteiger partial charge is 0.246 e. The van der Waals surface area contributed by atoms with Gasteiger partial charge in [-0.1, -0.05) is 19.1 Å². The summed E-state index contributed by atoms with van der Waals surface area (Å²) in [7, 11) is -3.83. The van der Waals surface area contributed by atoms with Crippen molar-refractivity contribution in [2.45, 2.75) is 24.8 Å². The monoisotopic (exact) mass is 286 g/mol. The lowest BCUT2D eigenvalue weighted by Gasteiger charge is -2.20. The van der Waals surface area contributed by atoms with Crippen molar-refractivity contribution in [1.29, 1.82) is 0 Å². The maximum atomic E-state index is 13.9. The van der Waals surface area contributed by atoms with Crippen LogP contribution in [0, 0.1) is 5.82 Å². The van der Waals surface area contributed by atoms with E-state index in [0.717, 1.165) is 6.07 Å². The first-order valence-corrected chi connectivity index (χ1v) is 7.50. The SMILES string of the molecule is C=CCN(CCC)S(=O)(=O)c1ccc(CN)cc1F. The van der Waals surface area contributed by atoms with Gasteiger partial charge < -0.3 is 5.73 Å². The summed E-state index contributed by atoms with van der Waals surface area (Å²) in [5.74, 6) is -0.770. The van der Waals surface area contributed by atoms with E-state index >= 15 is 0 Å². The number of sulfonamides is 1. The molecule has 0 heterocycles. The molecule has 19 heavy (non-hydrogen) atoms. The van der Waals surface area contributed by atoms with Gasteiger partial charge in [-0.15, -0.1) is 6.58 Å². The van der Waals surface area contributed by atoms with E-state index in [1.54, 1.807) is 0 Å². The van der Waals surface area contributed by atoms with E-state index in [2.05, 4.69) is 6.58 Å². The predicted molar refractivity (Wildman–Crippen MR) is 73.5 cm³/mol. The highest BCUT2D eigenvalue weighted by Gasteiger charge is 2.26. The average molecular weight is 286 g/mol. The van der Waals surface area contributed by atoms with Gasteiger partial charge in [-0.2, -0.15) is 4.31 Å². The number of halogens is 1. The molecule has 0 atom stereocenters. The molecule has 0 aliphatic rings. The van der Waals surface area contributed by atoms with Crippen LogP contribution in [-0.4, -0.2) is 25.8 Å². The Kier molecular flexibility index (Phi) is 5.65. The molecule has 0 saturated carbocycles. The maximum absolute atomic E-state index is 13.9. The Morgan fingerprint density at radius 1 is 1.47 bits per heavy atom. The third kappa shape index (κ3) is 3.62. The van der Waals surface area contributed by atoms with Crippen molar-refractivity contribution in [3.05, 3.63) is 42.2 Å². The summed E-state index contributed by atoms with van der Waals surface area (Å²) in [6.45, 7) is 6.04. The lowest BCUT2D eigenvalue weighted by atomic mass is 10.2. The molecule has 2 N–H and O–H groups in total. The van der Waals surface area contributed by atoms with E-state index in [1.807, 2.05) is 6.92 Å². The van der Waals surface area contributed by atoms with Crippen LogP contribution in [0.4, 0.5) is 4.39 Å². The van der Waals surface area contributed by atoms with Crippen molar-refractivity contribution in [2.75, 3.05) is 13.1 Å². The van der Waals surface area contributed by atoms with Crippen molar-refractivity contribution in [3.8, 4) is 0 Å². The van der Waals surface area contributed by atoms with E-state index < -0.39 is 15.8 Å². The van der Waals surface area contributed by atoms with Crippen LogP contribution >= 0.6 is 0 Å². The van der Waals surface area contributed by atoms with Crippen LogP contribution in [-0.2, 0) is 16.6 Å². The predicted octanol–water partition coefficient (Wildman–Crippen LogP) is 1.87. The highest BCUT2D eigenvalue weighted by Crippen LogP contribution is 2.20. The second-order valence-corrected chi connectivity index (χ2v) is 6.03. The molecule has 0 unspecified atom stereocenters. The van der Waals surface area contributed by atoms with Crippen LogP contribution in [0.1, 0.15) is 18.9 Å². The zero-order valence-corrected chi connectivity index (χ0v) is 11.8. The Hall–Kier alpha value is -1.24. The summed E-state index contributed by atoms with van der Waals surface area (Å²) in [6.07, 6.45) is 2.13. The van der Waals surface area contributed by atoms with Gasteiger partial charge in [0, 0.05) is 19.6 Å². The number of rotatable bonds is 7. The summed E-state index contributed by atoms with van der Waals surface area (Å²) in [4.78, 5) is -0.319. The van der Waals surface area contributed by atoms with Crippen molar-refractivity contribution in [2.24, 2.45) is 5.73 Å². The molecule has 106 valence electrons. The third-order valence-corrected chi connectivity index (χ3v) is 4.55. The minimum absolute atomic E-state index is 0.161. The van der Waals surface area contributed by atoms with Crippen LogP contribution in [0.5, 0.6) is 0 Å². The molecule has 4 nitrogen and oxygen atoms in total. The van der Waals surface area contributed by atoms with Crippen LogP contribution in [0.25, 0.3) is 0 Å². The molecule has 0 aromatic heterocycles. The quantitative estimate of drug-likeness (QED) is 0.778. The van der Waals surface area contributed by atoms with Gasteiger partial charge >= 0.3 is 0 Å². The molecule has 0 aliphatic heterocycles. The van der Waals surface area contributed by atoms with Gasteiger partial charge in [-0.3, -0.25) is 0 Å². The lowest BCUT2D eigenvalue weighted by Crippen LogP contribution is -2.32. The van der Waals surface area contributed by atoms with Gasteiger partial charge in [0.2, 0.25) is 10.0 Å². The molecule has 0 radical (unpaired) electrons. The van der Waals surface area contributed by atoms with Crippen molar-refractivity contribution in [1.82, 2.24) is 4.31 Å². The molecule has 0 spiro atoms. The third-order valence-electron chi connectivity index (χ3n) is 2.66. The molecule has 0 saturated heterocycles. The molecular formula is C13H19FN2O2S. The first-order valence-electron chi connectivity index (χ1n) is 6.06. The second-order valence-electron chi connectivity index (χ2n) is 4.12. The molecule has 1 rings (SSSR count). The van der Waals surface area contributed by atoms with E-state index in [-0.39, 0.29) is 18.0 Å². The summed E-state index contributed by atoms with van der Waals surface area (Å²) in [5, 5.41) is 0. The number of benzene rings is 1. The van der Waals surface area contributed by atoms with Crippen LogP contribution < -0.4 is 5.73 Å². The van der Waals surface area contributed by atoms with Crippen LogP contribution in [0.15, 0.2) is 35.7 Å². The number of hydrogen-bond donors (Lipinski definition) is 1. The van der Waals surface area contributed by atoms with Crippen molar-refractivity contribution >= 4 is 10.0 Å². The highest BCUT2D eigenvalue weighted by atomic mass is 32.2. The summed E-state index contributed by atoms with van der Waals surface area (Å²) in [6, 6.07) is 3.94. The Bertz CT molecular complexity index is 544. The first-order chi connectivity index (χ1) is 8.97. The average Bonchev–Trinajstić information content (AvgIpc) is 2.38. The minimum Gasteiger partial charge on any atom is -0.326 e. The molecule has 6 heteroatoms. The fraction of sp³-hybridized carbons (Fsp3) is 0.385. The van der Waals surface area contributed by atoms with E-state index in [1.165, 1.54) is 22.5 Å². The number of hydrogen-bond acceptors (Lipinski definition) is 3. The van der Waals surface area contributed by atoms with Crippen LogP contribution in [0.3, 0.4) is 0 Å². The van der Waals surface area contributed by atoms with Gasteiger partial charge in [0.05, 0.1) is 0 Å². The van der Waals surface area contributed by atoms with Gasteiger partial charge in [-0.05, 0) is 24.1 Å². The summed E-state index contributed by atoms with van der Waals surface area (Å²) in [5.41, 5.74) is 5.95. The zero-order valence-electron chi connectivity index (χ0n) is 11.0. The molecule has 0 amide bonds. The molecule has 1 aromatic rings. The Labute approximate surface area is 113 Å². The Morgan fingerprint density at radius 2 is 2.16 bits per heavy atom. The first kappa shape index (κ1) is 15.8. The van der Waals surface area contributed by atoms with Gasteiger partial charge in [0.15, 0.2) is 0 Å². The molecule has 0 fully saturated rings.